The summed E-state index contributed by atoms with van der Waals surface area (Å²) in [6.45, 7) is 1.16. The highest BCUT2D eigenvalue weighted by molar-refractivity contribution is 5.03. The Kier molecular flexibility index (Phi) is 5.93. The molecular formula is C17H26N2O7. The molecule has 2 aliphatic rings. The summed E-state index contributed by atoms with van der Waals surface area (Å²) in [5.74, 6) is 0. The number of aryl methyl sites for hydroxylation is 1. The number of aromatic amines is 1. The van der Waals surface area contributed by atoms with Crippen LogP contribution in [0.15, 0.2) is 15.8 Å². The van der Waals surface area contributed by atoms with Crippen molar-refractivity contribution in [2.24, 2.45) is 0 Å². The zero-order chi connectivity index (χ0) is 18.8. The molecule has 1 aliphatic carbocycles. The number of nitrogens with zero attached hydrogens (tertiary/aromatic N) is 1. The van der Waals surface area contributed by atoms with E-state index in [2.05, 4.69) is 4.98 Å². The summed E-state index contributed by atoms with van der Waals surface area (Å²) in [4.78, 5) is 26.1. The van der Waals surface area contributed by atoms with Crippen LogP contribution in [0, 0.1) is 6.92 Å². The predicted octanol–water partition coefficient (Wildman–Crippen LogP) is -0.562. The van der Waals surface area contributed by atoms with Gasteiger partial charge in [0.1, 0.15) is 18.3 Å². The number of aliphatic hydroxyl groups is 2. The van der Waals surface area contributed by atoms with Crippen LogP contribution in [0.5, 0.6) is 0 Å². The fraction of sp³-hybridized carbons (Fsp3) is 0.765. The van der Waals surface area contributed by atoms with E-state index in [9.17, 15) is 19.8 Å². The molecule has 1 aliphatic heterocycles. The van der Waals surface area contributed by atoms with Gasteiger partial charge in [-0.25, -0.2) is 4.79 Å². The first-order valence-electron chi connectivity index (χ1n) is 8.91. The standard InChI is InChI=1S/C17H26N2O7/c1-9-7-19(17(23)18-15(9)22)16-14(13(21)12(8-20)26-16)25-11-6-4-3-5-10(11)24-2/h7,10-14,16,20-21H,3-6,8H2,1-2H3,(H,18,22,23)/t10-,11-,12-,13?,14?,16-/m1/s1. The largest absolute Gasteiger partial charge is 0.394 e. The summed E-state index contributed by atoms with van der Waals surface area (Å²) in [7, 11) is 1.62. The molecule has 0 aromatic carbocycles. The first-order valence-corrected chi connectivity index (χ1v) is 8.91. The van der Waals surface area contributed by atoms with Gasteiger partial charge in [-0.2, -0.15) is 0 Å². The Balaban J connectivity index is 1.91. The van der Waals surface area contributed by atoms with Crippen molar-refractivity contribution in [3.8, 4) is 0 Å². The van der Waals surface area contributed by atoms with Crippen LogP contribution in [-0.2, 0) is 14.2 Å². The minimum atomic E-state index is -1.11. The molecule has 3 N–H and O–H groups in total. The lowest BCUT2D eigenvalue weighted by Crippen LogP contribution is -2.45. The van der Waals surface area contributed by atoms with Crippen molar-refractivity contribution in [2.75, 3.05) is 13.7 Å². The van der Waals surface area contributed by atoms with Gasteiger partial charge < -0.3 is 24.4 Å². The Morgan fingerprint density at radius 3 is 2.65 bits per heavy atom. The predicted molar refractivity (Wildman–Crippen MR) is 91.0 cm³/mol. The summed E-state index contributed by atoms with van der Waals surface area (Å²) in [5, 5.41) is 20.0. The lowest BCUT2D eigenvalue weighted by Gasteiger charge is -2.34. The molecule has 1 saturated heterocycles. The second kappa shape index (κ2) is 8.01. The Hall–Kier alpha value is -1.52. The van der Waals surface area contributed by atoms with Crippen molar-refractivity contribution in [3.63, 3.8) is 0 Å². The van der Waals surface area contributed by atoms with E-state index in [0.29, 0.717) is 5.56 Å². The average Bonchev–Trinajstić information content (AvgIpc) is 2.94. The van der Waals surface area contributed by atoms with Crippen LogP contribution in [0.4, 0.5) is 0 Å². The number of rotatable bonds is 5. The lowest BCUT2D eigenvalue weighted by molar-refractivity contribution is -0.150. The molecule has 2 unspecified atom stereocenters. The highest BCUT2D eigenvalue weighted by Crippen LogP contribution is 2.34. The third kappa shape index (κ3) is 3.63. The maximum Gasteiger partial charge on any atom is 0.330 e. The number of H-pyrrole nitrogens is 1. The monoisotopic (exact) mass is 370 g/mol. The van der Waals surface area contributed by atoms with Crippen molar-refractivity contribution in [1.29, 1.82) is 0 Å². The minimum absolute atomic E-state index is 0.0983. The van der Waals surface area contributed by atoms with E-state index >= 15 is 0 Å². The van der Waals surface area contributed by atoms with Gasteiger partial charge in [0.15, 0.2) is 6.23 Å². The summed E-state index contributed by atoms with van der Waals surface area (Å²) in [6, 6.07) is 0. The molecule has 2 heterocycles. The lowest BCUT2D eigenvalue weighted by atomic mass is 9.94. The average molecular weight is 370 g/mol. The van der Waals surface area contributed by atoms with E-state index in [-0.39, 0.29) is 12.2 Å². The number of hydrogen-bond acceptors (Lipinski definition) is 7. The second-order valence-electron chi connectivity index (χ2n) is 6.91. The van der Waals surface area contributed by atoms with Gasteiger partial charge in [-0.05, 0) is 19.8 Å². The van der Waals surface area contributed by atoms with Crippen LogP contribution in [0.25, 0.3) is 0 Å². The topological polar surface area (TPSA) is 123 Å². The van der Waals surface area contributed by atoms with Crippen LogP contribution < -0.4 is 11.2 Å². The molecule has 1 saturated carbocycles. The van der Waals surface area contributed by atoms with Gasteiger partial charge in [-0.3, -0.25) is 14.3 Å². The highest BCUT2D eigenvalue weighted by Gasteiger charge is 2.47. The smallest absolute Gasteiger partial charge is 0.330 e. The molecule has 146 valence electrons. The fourth-order valence-electron chi connectivity index (χ4n) is 3.70. The maximum atomic E-state index is 12.2. The Bertz CT molecular complexity index is 731. The normalized spacial score (nSPS) is 34.9. The van der Waals surface area contributed by atoms with E-state index in [1.54, 1.807) is 14.0 Å². The van der Waals surface area contributed by atoms with Crippen LogP contribution in [0.2, 0.25) is 0 Å². The van der Waals surface area contributed by atoms with Gasteiger partial charge in [0, 0.05) is 18.9 Å². The van der Waals surface area contributed by atoms with Crippen molar-refractivity contribution < 1.29 is 24.4 Å². The molecule has 0 spiro atoms. The van der Waals surface area contributed by atoms with Crippen LogP contribution in [-0.4, -0.2) is 64.0 Å². The van der Waals surface area contributed by atoms with Crippen molar-refractivity contribution >= 4 is 0 Å². The molecule has 3 rings (SSSR count). The number of hydrogen-bond donors (Lipinski definition) is 3. The molecule has 0 amide bonds. The quantitative estimate of drug-likeness (QED) is 0.635. The first-order chi connectivity index (χ1) is 12.5. The number of nitrogens with one attached hydrogen (secondary N) is 1. The molecular weight excluding hydrogens is 344 g/mol. The Labute approximate surface area is 150 Å². The summed E-state index contributed by atoms with van der Waals surface area (Å²) >= 11 is 0. The molecule has 26 heavy (non-hydrogen) atoms. The van der Waals surface area contributed by atoms with Crippen molar-refractivity contribution in [3.05, 3.63) is 32.6 Å². The summed E-state index contributed by atoms with van der Waals surface area (Å²) in [6.07, 6.45) is 0.898. The third-order valence-corrected chi connectivity index (χ3v) is 5.19. The molecule has 6 atom stereocenters. The van der Waals surface area contributed by atoms with Crippen molar-refractivity contribution in [2.45, 2.75) is 69.4 Å². The molecule has 1 aromatic rings. The highest BCUT2D eigenvalue weighted by atomic mass is 16.6. The number of aromatic nitrogens is 2. The third-order valence-electron chi connectivity index (χ3n) is 5.19. The van der Waals surface area contributed by atoms with Gasteiger partial charge in [0.05, 0.1) is 18.8 Å². The molecule has 2 fully saturated rings. The number of ether oxygens (including phenoxy) is 3. The van der Waals surface area contributed by atoms with E-state index in [0.717, 1.165) is 25.7 Å². The summed E-state index contributed by atoms with van der Waals surface area (Å²) < 4.78 is 18.5. The van der Waals surface area contributed by atoms with Crippen LogP contribution in [0.1, 0.15) is 37.5 Å². The first kappa shape index (κ1) is 19.2. The van der Waals surface area contributed by atoms with Gasteiger partial charge in [-0.15, -0.1) is 0 Å². The van der Waals surface area contributed by atoms with E-state index < -0.39 is 42.4 Å². The molecule has 9 nitrogen and oxygen atoms in total. The number of methoxy groups -OCH3 is 1. The summed E-state index contributed by atoms with van der Waals surface area (Å²) in [5.41, 5.74) is -0.800. The zero-order valence-electron chi connectivity index (χ0n) is 15.0. The maximum absolute atomic E-state index is 12.2. The van der Waals surface area contributed by atoms with Gasteiger partial charge in [0.25, 0.3) is 5.56 Å². The second-order valence-corrected chi connectivity index (χ2v) is 6.91. The van der Waals surface area contributed by atoms with Crippen LogP contribution >= 0.6 is 0 Å². The molecule has 1 aromatic heterocycles. The molecule has 0 bridgehead atoms. The van der Waals surface area contributed by atoms with E-state index in [4.69, 9.17) is 14.2 Å². The van der Waals surface area contributed by atoms with E-state index in [1.807, 2.05) is 0 Å². The zero-order valence-corrected chi connectivity index (χ0v) is 15.0. The number of aliphatic hydroxyl groups excluding tert-OH is 2. The van der Waals surface area contributed by atoms with Crippen LogP contribution in [0.3, 0.4) is 0 Å². The van der Waals surface area contributed by atoms with Crippen molar-refractivity contribution in [1.82, 2.24) is 9.55 Å². The Morgan fingerprint density at radius 1 is 1.31 bits per heavy atom. The Morgan fingerprint density at radius 2 is 2.00 bits per heavy atom. The minimum Gasteiger partial charge on any atom is -0.394 e. The fourth-order valence-corrected chi connectivity index (χ4v) is 3.70. The SMILES string of the molecule is CO[C@@H]1CCCC[C@H]1OC1C(O)[C@@H](CO)O[C@H]1n1cc(C)c(=O)[nH]c1=O. The van der Waals surface area contributed by atoms with Gasteiger partial charge >= 0.3 is 5.69 Å². The van der Waals surface area contributed by atoms with Gasteiger partial charge in [-0.1, -0.05) is 12.8 Å². The molecule has 9 heteroatoms. The van der Waals surface area contributed by atoms with Gasteiger partial charge in [0.2, 0.25) is 0 Å². The van der Waals surface area contributed by atoms with E-state index in [1.165, 1.54) is 10.8 Å². The molecule has 0 radical (unpaired) electrons.